The van der Waals surface area contributed by atoms with E-state index >= 15 is 0 Å². The van der Waals surface area contributed by atoms with Crippen LogP contribution in [-0.4, -0.2) is 43.1 Å². The molecule has 0 saturated heterocycles. The summed E-state index contributed by atoms with van der Waals surface area (Å²) in [5.41, 5.74) is -5.04. The van der Waals surface area contributed by atoms with Crippen LogP contribution < -0.4 is 4.18 Å². The van der Waals surface area contributed by atoms with Crippen LogP contribution in [0.4, 0.5) is 18.0 Å². The van der Waals surface area contributed by atoms with E-state index in [2.05, 4.69) is 4.18 Å². The molecule has 2 rings (SSSR count). The van der Waals surface area contributed by atoms with Crippen LogP contribution >= 0.6 is 0 Å². The molecular formula is C20H28F3NO5S. The SMILES string of the molecule is CC(C)(C)OC(=O)N1CCc2cc(OS(=O)(=O)C(F)(F)F)ccc2CC1C(C)(C)C. The number of carbonyl (C=O) groups is 1. The Labute approximate surface area is 175 Å². The number of halogens is 3. The van der Waals surface area contributed by atoms with Crippen molar-refractivity contribution in [3.05, 3.63) is 29.3 Å². The van der Waals surface area contributed by atoms with Gasteiger partial charge in [0.2, 0.25) is 0 Å². The fourth-order valence-electron chi connectivity index (χ4n) is 3.29. The van der Waals surface area contributed by atoms with E-state index in [1.165, 1.54) is 12.1 Å². The van der Waals surface area contributed by atoms with Gasteiger partial charge in [-0.25, -0.2) is 4.79 Å². The molecule has 0 aliphatic carbocycles. The number of hydrogen-bond donors (Lipinski definition) is 0. The van der Waals surface area contributed by atoms with E-state index in [4.69, 9.17) is 4.74 Å². The highest BCUT2D eigenvalue weighted by molar-refractivity contribution is 7.88. The molecule has 10 heteroatoms. The highest BCUT2D eigenvalue weighted by Crippen LogP contribution is 2.34. The summed E-state index contributed by atoms with van der Waals surface area (Å²) in [4.78, 5) is 14.5. The van der Waals surface area contributed by atoms with Crippen LogP contribution in [0.25, 0.3) is 0 Å². The Balaban J connectivity index is 2.36. The van der Waals surface area contributed by atoms with Gasteiger partial charge in [-0.05, 0) is 62.3 Å². The van der Waals surface area contributed by atoms with E-state index in [0.29, 0.717) is 18.4 Å². The summed E-state index contributed by atoms with van der Waals surface area (Å²) in [6.45, 7) is 11.6. The minimum absolute atomic E-state index is 0.223. The van der Waals surface area contributed by atoms with Gasteiger partial charge in [-0.1, -0.05) is 26.8 Å². The normalized spacial score (nSPS) is 18.4. The fourth-order valence-corrected chi connectivity index (χ4v) is 3.74. The minimum atomic E-state index is -5.75. The van der Waals surface area contributed by atoms with Gasteiger partial charge in [-0.15, -0.1) is 0 Å². The first kappa shape index (κ1) is 24.3. The van der Waals surface area contributed by atoms with Gasteiger partial charge in [0.25, 0.3) is 0 Å². The van der Waals surface area contributed by atoms with Gasteiger partial charge in [0, 0.05) is 12.6 Å². The molecule has 1 heterocycles. The van der Waals surface area contributed by atoms with E-state index < -0.39 is 33.1 Å². The number of nitrogens with zero attached hydrogens (tertiary/aromatic N) is 1. The number of fused-ring (bicyclic) bond motifs is 1. The Morgan fingerprint density at radius 1 is 1.07 bits per heavy atom. The Kier molecular flexibility index (Phi) is 6.43. The van der Waals surface area contributed by atoms with Crippen molar-refractivity contribution in [2.75, 3.05) is 6.54 Å². The average molecular weight is 452 g/mol. The lowest BCUT2D eigenvalue weighted by Gasteiger charge is -2.39. The molecule has 1 unspecified atom stereocenters. The second-order valence-corrected chi connectivity index (χ2v) is 11.0. The molecule has 30 heavy (non-hydrogen) atoms. The molecule has 0 saturated carbocycles. The number of carbonyl (C=O) groups excluding carboxylic acids is 1. The topological polar surface area (TPSA) is 72.9 Å². The Hall–Kier alpha value is -1.97. The summed E-state index contributed by atoms with van der Waals surface area (Å²) >= 11 is 0. The summed E-state index contributed by atoms with van der Waals surface area (Å²) in [5, 5.41) is 0. The predicted molar refractivity (Wildman–Crippen MR) is 106 cm³/mol. The standard InChI is InChI=1S/C20H28F3NO5S/c1-18(2,3)16-12-13-7-8-15(29-30(26,27)20(21,22)23)11-14(13)9-10-24(16)17(25)28-19(4,5)6/h7-8,11,16H,9-10,12H2,1-6H3. The summed E-state index contributed by atoms with van der Waals surface area (Å²) in [6.07, 6.45) is 0.306. The number of alkyl halides is 3. The molecule has 0 radical (unpaired) electrons. The van der Waals surface area contributed by atoms with Crippen molar-refractivity contribution in [1.82, 2.24) is 4.90 Å². The largest absolute Gasteiger partial charge is 0.534 e. The number of benzene rings is 1. The van der Waals surface area contributed by atoms with Crippen LogP contribution in [-0.2, 0) is 27.7 Å². The highest BCUT2D eigenvalue weighted by Gasteiger charge is 2.48. The van der Waals surface area contributed by atoms with Gasteiger partial charge in [-0.3, -0.25) is 0 Å². The molecule has 0 fully saturated rings. The predicted octanol–water partition coefficient (Wildman–Crippen LogP) is 4.67. The molecule has 0 N–H and O–H groups in total. The molecule has 1 amide bonds. The molecule has 170 valence electrons. The maximum absolute atomic E-state index is 12.8. The van der Waals surface area contributed by atoms with E-state index in [1.807, 2.05) is 20.8 Å². The highest BCUT2D eigenvalue weighted by atomic mass is 32.2. The van der Waals surface area contributed by atoms with Crippen molar-refractivity contribution in [1.29, 1.82) is 0 Å². The van der Waals surface area contributed by atoms with E-state index in [9.17, 15) is 26.4 Å². The molecule has 0 bridgehead atoms. The lowest BCUT2D eigenvalue weighted by atomic mass is 9.82. The molecule has 6 nitrogen and oxygen atoms in total. The average Bonchev–Trinajstić information content (AvgIpc) is 2.70. The fraction of sp³-hybridized carbons (Fsp3) is 0.650. The Morgan fingerprint density at radius 3 is 2.17 bits per heavy atom. The zero-order valence-electron chi connectivity index (χ0n) is 18.0. The zero-order chi connectivity index (χ0) is 23.1. The van der Waals surface area contributed by atoms with Crippen molar-refractivity contribution >= 4 is 16.2 Å². The van der Waals surface area contributed by atoms with Crippen LogP contribution in [0.15, 0.2) is 18.2 Å². The third-order valence-corrected chi connectivity index (χ3v) is 5.69. The number of rotatable bonds is 2. The third kappa shape index (κ3) is 5.80. The molecule has 1 aromatic rings. The first-order valence-corrected chi connectivity index (χ1v) is 10.9. The molecule has 0 aromatic heterocycles. The Bertz CT molecular complexity index is 898. The second-order valence-electron chi connectivity index (χ2n) is 9.42. The van der Waals surface area contributed by atoms with E-state index in [-0.39, 0.29) is 18.0 Å². The zero-order valence-corrected chi connectivity index (χ0v) is 18.8. The smallest absolute Gasteiger partial charge is 0.444 e. The molecule has 1 aliphatic rings. The minimum Gasteiger partial charge on any atom is -0.444 e. The summed E-state index contributed by atoms with van der Waals surface area (Å²) in [7, 11) is -5.75. The second kappa shape index (κ2) is 7.94. The molecule has 0 spiro atoms. The first-order chi connectivity index (χ1) is 13.4. The van der Waals surface area contributed by atoms with Crippen LogP contribution in [0.1, 0.15) is 52.7 Å². The monoisotopic (exact) mass is 451 g/mol. The van der Waals surface area contributed by atoms with Gasteiger partial charge >= 0.3 is 21.7 Å². The van der Waals surface area contributed by atoms with Crippen LogP contribution in [0.3, 0.4) is 0 Å². The number of amides is 1. The molecular weight excluding hydrogens is 423 g/mol. The lowest BCUT2D eigenvalue weighted by molar-refractivity contribution is -0.0500. The number of hydrogen-bond acceptors (Lipinski definition) is 5. The first-order valence-electron chi connectivity index (χ1n) is 9.53. The van der Waals surface area contributed by atoms with Crippen molar-refractivity contribution in [3.63, 3.8) is 0 Å². The quantitative estimate of drug-likeness (QED) is 0.483. The van der Waals surface area contributed by atoms with Crippen molar-refractivity contribution in [2.24, 2.45) is 5.41 Å². The van der Waals surface area contributed by atoms with Crippen LogP contribution in [0, 0.1) is 5.41 Å². The molecule has 1 atom stereocenters. The maximum Gasteiger partial charge on any atom is 0.534 e. The summed E-state index contributed by atoms with van der Waals surface area (Å²) in [5.74, 6) is -0.413. The number of ether oxygens (including phenoxy) is 1. The van der Waals surface area contributed by atoms with E-state index in [0.717, 1.165) is 5.56 Å². The lowest BCUT2D eigenvalue weighted by Crippen LogP contribution is -2.50. The van der Waals surface area contributed by atoms with Crippen molar-refractivity contribution < 1.29 is 35.3 Å². The van der Waals surface area contributed by atoms with Gasteiger partial charge < -0.3 is 13.8 Å². The van der Waals surface area contributed by atoms with Crippen LogP contribution in [0.2, 0.25) is 0 Å². The van der Waals surface area contributed by atoms with Gasteiger partial charge in [-0.2, -0.15) is 21.6 Å². The van der Waals surface area contributed by atoms with Gasteiger partial charge in [0.15, 0.2) is 0 Å². The summed E-state index contributed by atoms with van der Waals surface area (Å²) in [6, 6.07) is 3.81. The van der Waals surface area contributed by atoms with Gasteiger partial charge in [0.1, 0.15) is 11.4 Å². The Morgan fingerprint density at radius 2 is 1.67 bits per heavy atom. The van der Waals surface area contributed by atoms with Gasteiger partial charge in [0.05, 0.1) is 0 Å². The molecule has 1 aliphatic heterocycles. The van der Waals surface area contributed by atoms with E-state index in [1.54, 1.807) is 31.7 Å². The summed E-state index contributed by atoms with van der Waals surface area (Å²) < 4.78 is 70.2. The third-order valence-electron chi connectivity index (χ3n) is 4.71. The van der Waals surface area contributed by atoms with Crippen molar-refractivity contribution in [3.8, 4) is 5.75 Å². The maximum atomic E-state index is 12.8. The van der Waals surface area contributed by atoms with Crippen LogP contribution in [0.5, 0.6) is 5.75 Å². The van der Waals surface area contributed by atoms with Crippen molar-refractivity contribution in [2.45, 2.75) is 71.5 Å². The molecule has 1 aromatic carbocycles.